The summed E-state index contributed by atoms with van der Waals surface area (Å²) in [5.74, 6) is -0.158. The van der Waals surface area contributed by atoms with Gasteiger partial charge in [0.25, 0.3) is 5.91 Å². The van der Waals surface area contributed by atoms with Gasteiger partial charge >= 0.3 is 0 Å². The van der Waals surface area contributed by atoms with Gasteiger partial charge in [0.15, 0.2) is 11.4 Å². The summed E-state index contributed by atoms with van der Waals surface area (Å²) in [7, 11) is 0. The third-order valence-corrected chi connectivity index (χ3v) is 5.03. The van der Waals surface area contributed by atoms with Gasteiger partial charge in [0, 0.05) is 29.8 Å². The molecule has 0 unspecified atom stereocenters. The SMILES string of the molecule is CCc1c(C(=O)N2CCCC2)ccc(-c2ccc3onc(N)c3c2)c1F. The van der Waals surface area contributed by atoms with Crippen molar-refractivity contribution in [2.24, 2.45) is 0 Å². The number of amides is 1. The average Bonchev–Trinajstić information content (AvgIpc) is 3.31. The first-order valence-corrected chi connectivity index (χ1v) is 8.86. The van der Waals surface area contributed by atoms with Gasteiger partial charge in [0.05, 0.1) is 5.39 Å². The van der Waals surface area contributed by atoms with Crippen LogP contribution >= 0.6 is 0 Å². The minimum Gasteiger partial charge on any atom is -0.380 e. The summed E-state index contributed by atoms with van der Waals surface area (Å²) in [6.07, 6.45) is 2.47. The van der Waals surface area contributed by atoms with E-state index in [1.54, 1.807) is 35.2 Å². The van der Waals surface area contributed by atoms with E-state index in [2.05, 4.69) is 5.16 Å². The molecule has 1 aliphatic heterocycles. The number of nitrogens with two attached hydrogens (primary N) is 1. The Morgan fingerprint density at radius 3 is 2.77 bits per heavy atom. The summed E-state index contributed by atoms with van der Waals surface area (Å²) in [6.45, 7) is 3.35. The van der Waals surface area contributed by atoms with Crippen LogP contribution in [0.5, 0.6) is 0 Å². The maximum absolute atomic E-state index is 15.3. The number of likely N-dealkylation sites (tertiary alicyclic amines) is 1. The normalized spacial score (nSPS) is 14.3. The van der Waals surface area contributed by atoms with Crippen LogP contribution in [0.2, 0.25) is 0 Å². The van der Waals surface area contributed by atoms with Crippen LogP contribution in [0.25, 0.3) is 22.1 Å². The van der Waals surface area contributed by atoms with E-state index in [1.807, 2.05) is 6.92 Å². The topological polar surface area (TPSA) is 72.4 Å². The number of aromatic nitrogens is 1. The smallest absolute Gasteiger partial charge is 0.254 e. The molecule has 1 saturated heterocycles. The molecule has 2 N–H and O–H groups in total. The quantitative estimate of drug-likeness (QED) is 0.772. The van der Waals surface area contributed by atoms with E-state index < -0.39 is 0 Å². The number of hydrogen-bond donors (Lipinski definition) is 1. The van der Waals surface area contributed by atoms with Crippen molar-refractivity contribution in [3.05, 3.63) is 47.3 Å². The second-order valence-corrected chi connectivity index (χ2v) is 6.58. The molecule has 1 aromatic heterocycles. The van der Waals surface area contributed by atoms with Crippen molar-refractivity contribution < 1.29 is 13.7 Å². The second kappa shape index (κ2) is 6.44. The summed E-state index contributed by atoms with van der Waals surface area (Å²) >= 11 is 0. The van der Waals surface area contributed by atoms with E-state index in [-0.39, 0.29) is 17.5 Å². The van der Waals surface area contributed by atoms with Crippen molar-refractivity contribution in [2.45, 2.75) is 26.2 Å². The minimum atomic E-state index is -0.355. The Morgan fingerprint density at radius 1 is 1.27 bits per heavy atom. The molecule has 1 amide bonds. The van der Waals surface area contributed by atoms with Gasteiger partial charge in [-0.05, 0) is 43.0 Å². The summed E-state index contributed by atoms with van der Waals surface area (Å²) in [5, 5.41) is 4.38. The average molecular weight is 353 g/mol. The van der Waals surface area contributed by atoms with Gasteiger partial charge in [-0.3, -0.25) is 4.79 Å². The number of fused-ring (bicyclic) bond motifs is 1. The predicted molar refractivity (Wildman–Crippen MR) is 98.3 cm³/mol. The lowest BCUT2D eigenvalue weighted by atomic mass is 9.95. The number of benzene rings is 2. The fourth-order valence-corrected chi connectivity index (χ4v) is 3.61. The van der Waals surface area contributed by atoms with E-state index in [0.717, 1.165) is 25.9 Å². The first-order valence-electron chi connectivity index (χ1n) is 8.86. The molecular weight excluding hydrogens is 333 g/mol. The molecular formula is C20H20FN3O2. The lowest BCUT2D eigenvalue weighted by Crippen LogP contribution is -2.28. The van der Waals surface area contributed by atoms with Crippen LogP contribution in [0, 0.1) is 5.82 Å². The summed E-state index contributed by atoms with van der Waals surface area (Å²) in [4.78, 5) is 14.5. The number of rotatable bonds is 3. The van der Waals surface area contributed by atoms with Crippen LogP contribution in [0.1, 0.15) is 35.7 Å². The Labute approximate surface area is 150 Å². The van der Waals surface area contributed by atoms with Gasteiger partial charge < -0.3 is 15.2 Å². The van der Waals surface area contributed by atoms with Crippen molar-refractivity contribution in [2.75, 3.05) is 18.8 Å². The first-order chi connectivity index (χ1) is 12.6. The number of nitrogens with zero attached hydrogens (tertiary/aromatic N) is 2. The van der Waals surface area contributed by atoms with E-state index in [4.69, 9.17) is 10.3 Å². The Bertz CT molecular complexity index is 990. The maximum atomic E-state index is 15.3. The lowest BCUT2D eigenvalue weighted by molar-refractivity contribution is 0.0791. The first kappa shape index (κ1) is 16.6. The predicted octanol–water partition coefficient (Wildman–Crippen LogP) is 4.01. The molecule has 134 valence electrons. The zero-order valence-corrected chi connectivity index (χ0v) is 14.6. The van der Waals surface area contributed by atoms with Gasteiger partial charge in [-0.25, -0.2) is 4.39 Å². The fraction of sp³-hybridized carbons (Fsp3) is 0.300. The Kier molecular flexibility index (Phi) is 4.11. The zero-order valence-electron chi connectivity index (χ0n) is 14.6. The Balaban J connectivity index is 1.79. The van der Waals surface area contributed by atoms with E-state index in [0.29, 0.717) is 39.6 Å². The number of carbonyl (C=O) groups excluding carboxylic acids is 1. The largest absolute Gasteiger partial charge is 0.380 e. The number of carbonyl (C=O) groups is 1. The third kappa shape index (κ3) is 2.62. The molecule has 0 spiro atoms. The van der Waals surface area contributed by atoms with Crippen LogP contribution in [-0.4, -0.2) is 29.1 Å². The third-order valence-electron chi connectivity index (χ3n) is 5.03. The molecule has 4 rings (SSSR count). The monoisotopic (exact) mass is 353 g/mol. The lowest BCUT2D eigenvalue weighted by Gasteiger charge is -2.19. The molecule has 0 radical (unpaired) electrons. The maximum Gasteiger partial charge on any atom is 0.254 e. The molecule has 0 atom stereocenters. The molecule has 2 aromatic carbocycles. The van der Waals surface area contributed by atoms with E-state index in [9.17, 15) is 4.79 Å². The van der Waals surface area contributed by atoms with Crippen molar-refractivity contribution in [1.82, 2.24) is 10.1 Å². The summed E-state index contributed by atoms with van der Waals surface area (Å²) in [5.41, 5.74) is 8.40. The molecule has 2 heterocycles. The van der Waals surface area contributed by atoms with Gasteiger partial charge in [-0.1, -0.05) is 24.2 Å². The van der Waals surface area contributed by atoms with E-state index >= 15 is 4.39 Å². The van der Waals surface area contributed by atoms with Gasteiger partial charge in [-0.2, -0.15) is 0 Å². The highest BCUT2D eigenvalue weighted by atomic mass is 19.1. The van der Waals surface area contributed by atoms with E-state index in [1.165, 1.54) is 0 Å². The van der Waals surface area contributed by atoms with Crippen molar-refractivity contribution >= 4 is 22.7 Å². The molecule has 3 aromatic rings. The zero-order chi connectivity index (χ0) is 18.3. The van der Waals surface area contributed by atoms with Crippen LogP contribution in [0.3, 0.4) is 0 Å². The van der Waals surface area contributed by atoms with Crippen LogP contribution in [0.15, 0.2) is 34.9 Å². The van der Waals surface area contributed by atoms with Crippen molar-refractivity contribution in [1.29, 1.82) is 0 Å². The number of hydrogen-bond acceptors (Lipinski definition) is 4. The summed E-state index contributed by atoms with van der Waals surface area (Å²) < 4.78 is 20.4. The Morgan fingerprint density at radius 2 is 2.04 bits per heavy atom. The minimum absolute atomic E-state index is 0.0801. The number of halogens is 1. The van der Waals surface area contributed by atoms with Gasteiger partial charge in [0.1, 0.15) is 5.82 Å². The van der Waals surface area contributed by atoms with Crippen molar-refractivity contribution in [3.63, 3.8) is 0 Å². The van der Waals surface area contributed by atoms with Crippen molar-refractivity contribution in [3.8, 4) is 11.1 Å². The van der Waals surface area contributed by atoms with Crippen LogP contribution in [0.4, 0.5) is 10.2 Å². The van der Waals surface area contributed by atoms with Crippen LogP contribution in [-0.2, 0) is 6.42 Å². The molecule has 1 fully saturated rings. The molecule has 0 bridgehead atoms. The molecule has 1 aliphatic rings. The highest BCUT2D eigenvalue weighted by molar-refractivity contribution is 5.97. The van der Waals surface area contributed by atoms with Gasteiger partial charge in [0.2, 0.25) is 0 Å². The highest BCUT2D eigenvalue weighted by Gasteiger charge is 2.24. The summed E-state index contributed by atoms with van der Waals surface area (Å²) in [6, 6.07) is 8.66. The fourth-order valence-electron chi connectivity index (χ4n) is 3.61. The number of nitrogen functional groups attached to an aromatic ring is 1. The molecule has 5 nitrogen and oxygen atoms in total. The Hall–Kier alpha value is -2.89. The van der Waals surface area contributed by atoms with Gasteiger partial charge in [-0.15, -0.1) is 0 Å². The molecule has 6 heteroatoms. The standard InChI is InChI=1S/C20H20FN3O2/c1-2-13-15(20(25)24-9-3-4-10-24)7-6-14(18(13)21)12-5-8-17-16(11-12)19(22)23-26-17/h5-8,11H,2-4,9-10H2,1H3,(H2,22,23). The number of anilines is 1. The molecule has 0 saturated carbocycles. The molecule has 26 heavy (non-hydrogen) atoms. The van der Waals surface area contributed by atoms with Crippen LogP contribution < -0.4 is 5.73 Å². The highest BCUT2D eigenvalue weighted by Crippen LogP contribution is 2.32. The molecule has 0 aliphatic carbocycles. The second-order valence-electron chi connectivity index (χ2n) is 6.58.